The second-order valence-corrected chi connectivity index (χ2v) is 10.3. The summed E-state index contributed by atoms with van der Waals surface area (Å²) in [6.07, 6.45) is 5.74. The van der Waals surface area contributed by atoms with Crippen molar-refractivity contribution in [3.8, 4) is 11.1 Å². The number of halogens is 1. The van der Waals surface area contributed by atoms with Gasteiger partial charge >= 0.3 is 0 Å². The number of likely N-dealkylation sites (tertiary alicyclic amines) is 1. The van der Waals surface area contributed by atoms with Crippen LogP contribution in [0.3, 0.4) is 0 Å². The van der Waals surface area contributed by atoms with E-state index in [0.29, 0.717) is 31.5 Å². The van der Waals surface area contributed by atoms with Gasteiger partial charge in [0.05, 0.1) is 5.41 Å². The Balaban J connectivity index is 1.44. The highest BCUT2D eigenvalue weighted by Gasteiger charge is 2.62. The van der Waals surface area contributed by atoms with Crippen LogP contribution in [0.5, 0.6) is 0 Å². The maximum absolute atomic E-state index is 14.6. The summed E-state index contributed by atoms with van der Waals surface area (Å²) in [6.45, 7) is 1.06. The van der Waals surface area contributed by atoms with Gasteiger partial charge in [-0.05, 0) is 54.7 Å². The average Bonchev–Trinajstić information content (AvgIpc) is 3.41. The lowest BCUT2D eigenvalue weighted by Gasteiger charge is -2.32. The molecule has 1 saturated heterocycles. The van der Waals surface area contributed by atoms with Gasteiger partial charge in [-0.25, -0.2) is 4.39 Å². The average molecular weight is 435 g/mol. The van der Waals surface area contributed by atoms with E-state index in [1.165, 1.54) is 25.3 Å². The van der Waals surface area contributed by atoms with E-state index in [1.807, 2.05) is 35.2 Å². The third-order valence-electron chi connectivity index (χ3n) is 8.07. The van der Waals surface area contributed by atoms with Crippen LogP contribution in [0.4, 0.5) is 4.39 Å². The number of carbonyl (C=O) groups excluding carboxylic acids is 2. The normalized spacial score (nSPS) is 25.5. The van der Waals surface area contributed by atoms with Crippen molar-refractivity contribution in [2.75, 3.05) is 27.2 Å². The van der Waals surface area contributed by atoms with Gasteiger partial charge in [0.2, 0.25) is 11.8 Å². The molecule has 0 unspecified atom stereocenters. The number of benzene rings is 2. The van der Waals surface area contributed by atoms with Gasteiger partial charge in [0.1, 0.15) is 5.82 Å². The maximum Gasteiger partial charge on any atom is 0.230 e. The van der Waals surface area contributed by atoms with Crippen LogP contribution in [-0.4, -0.2) is 48.8 Å². The Kier molecular flexibility index (Phi) is 5.11. The summed E-state index contributed by atoms with van der Waals surface area (Å²) in [4.78, 5) is 30.3. The Hall–Kier alpha value is -2.69. The quantitative estimate of drug-likeness (QED) is 0.694. The van der Waals surface area contributed by atoms with Crippen LogP contribution in [0, 0.1) is 22.6 Å². The molecule has 1 heterocycles. The highest BCUT2D eigenvalue weighted by Crippen LogP contribution is 2.66. The molecule has 2 aromatic rings. The monoisotopic (exact) mass is 434 g/mol. The SMILES string of the molecule is CN(C)C(=O)[C@]1(Cc2ccccc2-c2ccccc2F)CCN(C(=O)[C@H]2CC23CCC3)C1. The van der Waals surface area contributed by atoms with E-state index >= 15 is 0 Å². The van der Waals surface area contributed by atoms with Gasteiger partial charge in [-0.2, -0.15) is 0 Å². The number of hydrogen-bond acceptors (Lipinski definition) is 2. The summed E-state index contributed by atoms with van der Waals surface area (Å²) >= 11 is 0. The summed E-state index contributed by atoms with van der Waals surface area (Å²) in [5.41, 5.74) is 1.92. The molecule has 2 amide bonds. The molecule has 2 aliphatic carbocycles. The molecular weight excluding hydrogens is 403 g/mol. The molecule has 5 heteroatoms. The Morgan fingerprint density at radius 1 is 1.03 bits per heavy atom. The molecule has 0 bridgehead atoms. The van der Waals surface area contributed by atoms with E-state index in [2.05, 4.69) is 0 Å². The molecule has 168 valence electrons. The third kappa shape index (κ3) is 3.42. The lowest BCUT2D eigenvalue weighted by Crippen LogP contribution is -2.45. The molecule has 0 aromatic heterocycles. The topological polar surface area (TPSA) is 40.6 Å². The van der Waals surface area contributed by atoms with Crippen LogP contribution < -0.4 is 0 Å². The zero-order valence-corrected chi connectivity index (χ0v) is 18.9. The number of carbonyl (C=O) groups is 2. The first kappa shape index (κ1) is 21.2. The highest BCUT2D eigenvalue weighted by atomic mass is 19.1. The molecular formula is C27H31FN2O2. The second kappa shape index (κ2) is 7.72. The lowest BCUT2D eigenvalue weighted by atomic mass is 9.77. The molecule has 4 nitrogen and oxygen atoms in total. The summed E-state index contributed by atoms with van der Waals surface area (Å²) in [6, 6.07) is 14.5. The van der Waals surface area contributed by atoms with E-state index in [4.69, 9.17) is 0 Å². The van der Waals surface area contributed by atoms with E-state index in [0.717, 1.165) is 17.5 Å². The fourth-order valence-electron chi connectivity index (χ4n) is 6.01. The Labute approximate surface area is 189 Å². The fraction of sp³-hybridized carbons (Fsp3) is 0.481. The molecule has 1 aliphatic heterocycles. The number of nitrogens with zero attached hydrogens (tertiary/aromatic N) is 2. The highest BCUT2D eigenvalue weighted by molar-refractivity contribution is 5.88. The first-order valence-corrected chi connectivity index (χ1v) is 11.7. The molecule has 1 spiro atoms. The second-order valence-electron chi connectivity index (χ2n) is 10.3. The fourth-order valence-corrected chi connectivity index (χ4v) is 6.01. The van der Waals surface area contributed by atoms with Crippen molar-refractivity contribution in [3.63, 3.8) is 0 Å². The van der Waals surface area contributed by atoms with Crippen molar-refractivity contribution in [2.45, 2.75) is 38.5 Å². The van der Waals surface area contributed by atoms with Gasteiger partial charge < -0.3 is 9.80 Å². The molecule has 32 heavy (non-hydrogen) atoms. The van der Waals surface area contributed by atoms with Crippen LogP contribution in [-0.2, 0) is 16.0 Å². The van der Waals surface area contributed by atoms with E-state index < -0.39 is 5.41 Å². The van der Waals surface area contributed by atoms with Gasteiger partial charge in [-0.15, -0.1) is 0 Å². The Bertz CT molecular complexity index is 1060. The molecule has 3 aliphatic rings. The zero-order chi connectivity index (χ0) is 22.5. The van der Waals surface area contributed by atoms with Crippen LogP contribution in [0.1, 0.15) is 37.7 Å². The minimum Gasteiger partial charge on any atom is -0.348 e. The predicted molar refractivity (Wildman–Crippen MR) is 122 cm³/mol. The Morgan fingerprint density at radius 2 is 1.72 bits per heavy atom. The molecule has 0 radical (unpaired) electrons. The molecule has 2 saturated carbocycles. The van der Waals surface area contributed by atoms with Crippen molar-refractivity contribution in [2.24, 2.45) is 16.7 Å². The van der Waals surface area contributed by atoms with Crippen LogP contribution in [0.15, 0.2) is 48.5 Å². The van der Waals surface area contributed by atoms with Crippen LogP contribution >= 0.6 is 0 Å². The summed E-state index contributed by atoms with van der Waals surface area (Å²) in [5, 5.41) is 0. The largest absolute Gasteiger partial charge is 0.348 e. The lowest BCUT2D eigenvalue weighted by molar-refractivity contribution is -0.140. The van der Waals surface area contributed by atoms with Crippen molar-refractivity contribution >= 4 is 11.8 Å². The van der Waals surface area contributed by atoms with Gasteiger partial charge in [-0.1, -0.05) is 48.9 Å². The van der Waals surface area contributed by atoms with Crippen molar-refractivity contribution in [3.05, 3.63) is 59.9 Å². The Morgan fingerprint density at radius 3 is 2.34 bits per heavy atom. The minimum atomic E-state index is -0.678. The standard InChI is InChI=1S/C27H31FN2O2/c1-29(2)25(32)27(14-15-30(18-27)24(31)22-17-26(22)12-7-13-26)16-19-8-3-4-9-20(19)21-10-5-6-11-23(21)28/h3-6,8-11,22H,7,12-18H2,1-2H3/t22-,27+/m1/s1. The van der Waals surface area contributed by atoms with E-state index in [9.17, 15) is 14.0 Å². The van der Waals surface area contributed by atoms with Gasteiger partial charge in [0.25, 0.3) is 0 Å². The van der Waals surface area contributed by atoms with Crippen LogP contribution in [0.25, 0.3) is 11.1 Å². The minimum absolute atomic E-state index is 0.0466. The van der Waals surface area contributed by atoms with E-state index in [-0.39, 0.29) is 29.0 Å². The van der Waals surface area contributed by atoms with Crippen molar-refractivity contribution in [1.29, 1.82) is 0 Å². The number of rotatable bonds is 5. The molecule has 2 aromatic carbocycles. The number of amides is 2. The molecule has 3 fully saturated rings. The van der Waals surface area contributed by atoms with Gasteiger partial charge in [-0.3, -0.25) is 9.59 Å². The van der Waals surface area contributed by atoms with Gasteiger partial charge in [0.15, 0.2) is 0 Å². The zero-order valence-electron chi connectivity index (χ0n) is 18.9. The predicted octanol–water partition coefficient (Wildman–Crippen LogP) is 4.53. The van der Waals surface area contributed by atoms with Gasteiger partial charge in [0, 0.05) is 38.7 Å². The number of hydrogen-bond donors (Lipinski definition) is 0. The summed E-state index contributed by atoms with van der Waals surface area (Å²) < 4.78 is 14.6. The molecule has 2 atom stereocenters. The molecule has 0 N–H and O–H groups in total. The summed E-state index contributed by atoms with van der Waals surface area (Å²) in [7, 11) is 3.56. The smallest absolute Gasteiger partial charge is 0.230 e. The third-order valence-corrected chi connectivity index (χ3v) is 8.07. The maximum atomic E-state index is 14.6. The molecule has 5 rings (SSSR count). The summed E-state index contributed by atoms with van der Waals surface area (Å²) in [5.74, 6) is 0.175. The first-order valence-electron chi connectivity index (χ1n) is 11.7. The van der Waals surface area contributed by atoms with E-state index in [1.54, 1.807) is 31.1 Å². The first-order chi connectivity index (χ1) is 15.4. The van der Waals surface area contributed by atoms with Crippen molar-refractivity contribution < 1.29 is 14.0 Å². The van der Waals surface area contributed by atoms with Crippen molar-refractivity contribution in [1.82, 2.24) is 9.80 Å². The van der Waals surface area contributed by atoms with Crippen LogP contribution in [0.2, 0.25) is 0 Å².